The van der Waals surface area contributed by atoms with E-state index in [0.717, 1.165) is 25.1 Å². The van der Waals surface area contributed by atoms with E-state index in [0.29, 0.717) is 5.82 Å². The van der Waals surface area contributed by atoms with Crippen molar-refractivity contribution >= 4 is 29.1 Å². The van der Waals surface area contributed by atoms with Crippen molar-refractivity contribution in [1.82, 2.24) is 9.78 Å². The van der Waals surface area contributed by atoms with Crippen LogP contribution >= 0.6 is 0 Å². The van der Waals surface area contributed by atoms with Crippen molar-refractivity contribution in [1.29, 1.82) is 0 Å². The fraction of sp³-hybridized carbons (Fsp3) is 0.400. The molecule has 1 aromatic carbocycles. The maximum atomic E-state index is 13.0. The second-order valence-electron chi connectivity index (χ2n) is 6.45. The number of nitrogens with zero attached hydrogens (tertiary/aromatic N) is 4. The lowest BCUT2D eigenvalue weighted by Crippen LogP contribution is -2.39. The Bertz CT molecular complexity index is 847. The zero-order chi connectivity index (χ0) is 19.9. The highest BCUT2D eigenvalue weighted by Crippen LogP contribution is 2.26. The zero-order valence-corrected chi connectivity index (χ0v) is 16.2. The Labute approximate surface area is 164 Å². The van der Waals surface area contributed by atoms with E-state index < -0.39 is 12.0 Å². The first-order valence-electron chi connectivity index (χ1n) is 9.55. The molecule has 1 aliphatic rings. The number of ether oxygens (including phenoxy) is 1. The number of hydrazone groups is 1. The van der Waals surface area contributed by atoms with Crippen LogP contribution in [-0.4, -0.2) is 40.0 Å². The molecule has 1 aliphatic heterocycles. The summed E-state index contributed by atoms with van der Waals surface area (Å²) in [5, 5.41) is 13.1. The molecule has 0 bridgehead atoms. The lowest BCUT2D eigenvalue weighted by atomic mass is 10.1. The van der Waals surface area contributed by atoms with Crippen molar-refractivity contribution in [2.75, 3.05) is 16.9 Å². The van der Waals surface area contributed by atoms with Crippen molar-refractivity contribution in [2.45, 2.75) is 45.7 Å². The van der Waals surface area contributed by atoms with Crippen molar-refractivity contribution in [3.63, 3.8) is 0 Å². The topological polar surface area (TPSA) is 88.8 Å². The van der Waals surface area contributed by atoms with Crippen LogP contribution in [0, 0.1) is 0 Å². The van der Waals surface area contributed by atoms with Crippen LogP contribution in [0.1, 0.15) is 33.1 Å². The van der Waals surface area contributed by atoms with Gasteiger partial charge < -0.3 is 10.1 Å². The molecule has 1 unspecified atom stereocenters. The highest BCUT2D eigenvalue weighted by molar-refractivity contribution is 6.38. The molecule has 2 aromatic rings. The number of esters is 1. The molecule has 1 N–H and O–H groups in total. The first-order chi connectivity index (χ1) is 13.6. The van der Waals surface area contributed by atoms with E-state index in [2.05, 4.69) is 22.4 Å². The fourth-order valence-electron chi connectivity index (χ4n) is 3.01. The number of carbonyl (C=O) groups is 2. The van der Waals surface area contributed by atoms with Gasteiger partial charge >= 0.3 is 5.97 Å². The number of aromatic nitrogens is 2. The van der Waals surface area contributed by atoms with Crippen molar-refractivity contribution in [3.8, 4) is 0 Å². The SMILES string of the molecule is CCCCn1nccc1NC(=O)C1CC(C(=O)OCC)=NN1c1ccccc1. The van der Waals surface area contributed by atoms with E-state index in [1.54, 1.807) is 28.9 Å². The molecule has 28 heavy (non-hydrogen) atoms. The lowest BCUT2D eigenvalue weighted by Gasteiger charge is -2.22. The number of benzene rings is 1. The van der Waals surface area contributed by atoms with Gasteiger partial charge in [-0.1, -0.05) is 31.5 Å². The molecule has 0 radical (unpaired) electrons. The number of unbranched alkanes of at least 4 members (excludes halogenated alkanes) is 1. The van der Waals surface area contributed by atoms with Gasteiger partial charge in [0.25, 0.3) is 5.91 Å². The minimum Gasteiger partial charge on any atom is -0.461 e. The number of nitrogens with one attached hydrogen (secondary N) is 1. The van der Waals surface area contributed by atoms with Crippen LogP contribution < -0.4 is 10.3 Å². The molecule has 1 atom stereocenters. The number of hydrogen-bond acceptors (Lipinski definition) is 6. The van der Waals surface area contributed by atoms with E-state index in [-0.39, 0.29) is 24.6 Å². The maximum Gasteiger partial charge on any atom is 0.354 e. The van der Waals surface area contributed by atoms with Gasteiger partial charge in [0.2, 0.25) is 0 Å². The molecule has 3 rings (SSSR count). The van der Waals surface area contributed by atoms with Crippen molar-refractivity contribution in [2.24, 2.45) is 5.10 Å². The molecule has 0 saturated heterocycles. The molecule has 8 heteroatoms. The Morgan fingerprint density at radius 2 is 2.00 bits per heavy atom. The maximum absolute atomic E-state index is 13.0. The first kappa shape index (κ1) is 19.6. The Kier molecular flexibility index (Phi) is 6.41. The van der Waals surface area contributed by atoms with E-state index in [1.165, 1.54) is 0 Å². The largest absolute Gasteiger partial charge is 0.461 e. The van der Waals surface area contributed by atoms with Crippen LogP contribution in [0.3, 0.4) is 0 Å². The summed E-state index contributed by atoms with van der Waals surface area (Å²) in [5.74, 6) is -0.104. The highest BCUT2D eigenvalue weighted by atomic mass is 16.5. The summed E-state index contributed by atoms with van der Waals surface area (Å²) in [5.41, 5.74) is 0.979. The number of aryl methyl sites for hydroxylation is 1. The summed E-state index contributed by atoms with van der Waals surface area (Å²) in [6.45, 7) is 4.84. The summed E-state index contributed by atoms with van der Waals surface area (Å²) < 4.78 is 6.84. The number of para-hydroxylation sites is 1. The van der Waals surface area contributed by atoms with Gasteiger partial charge in [0.15, 0.2) is 0 Å². The Hall–Kier alpha value is -3.16. The third kappa shape index (κ3) is 4.39. The number of hydrogen-bond donors (Lipinski definition) is 1. The summed E-state index contributed by atoms with van der Waals surface area (Å²) in [7, 11) is 0. The average Bonchev–Trinajstić information content (AvgIpc) is 3.34. The normalized spacial score (nSPS) is 16.0. The molecule has 0 fully saturated rings. The van der Waals surface area contributed by atoms with Gasteiger partial charge in [-0.2, -0.15) is 10.2 Å². The van der Waals surface area contributed by atoms with Crippen molar-refractivity contribution in [3.05, 3.63) is 42.6 Å². The molecule has 2 heterocycles. The summed E-state index contributed by atoms with van der Waals surface area (Å²) in [6.07, 6.45) is 3.85. The van der Waals surface area contributed by atoms with Crippen LogP contribution in [0.4, 0.5) is 11.5 Å². The van der Waals surface area contributed by atoms with Crippen LogP contribution in [0.5, 0.6) is 0 Å². The molecule has 0 spiro atoms. The fourth-order valence-corrected chi connectivity index (χ4v) is 3.01. The Morgan fingerprint density at radius 1 is 1.21 bits per heavy atom. The highest BCUT2D eigenvalue weighted by Gasteiger charge is 2.37. The third-order valence-electron chi connectivity index (χ3n) is 4.44. The van der Waals surface area contributed by atoms with Crippen LogP contribution in [0.2, 0.25) is 0 Å². The molecule has 0 saturated carbocycles. The monoisotopic (exact) mass is 383 g/mol. The lowest BCUT2D eigenvalue weighted by molar-refractivity contribution is -0.135. The molecule has 1 aromatic heterocycles. The van der Waals surface area contributed by atoms with E-state index in [9.17, 15) is 9.59 Å². The van der Waals surface area contributed by atoms with Crippen LogP contribution in [0.15, 0.2) is 47.7 Å². The number of anilines is 2. The van der Waals surface area contributed by atoms with Crippen LogP contribution in [0.25, 0.3) is 0 Å². The summed E-state index contributed by atoms with van der Waals surface area (Å²) >= 11 is 0. The minimum absolute atomic E-state index is 0.183. The Morgan fingerprint density at radius 3 is 2.71 bits per heavy atom. The van der Waals surface area contributed by atoms with E-state index in [4.69, 9.17) is 4.74 Å². The standard InChI is InChI=1S/C20H25N5O3/c1-3-5-13-24-18(11-12-21-24)22-19(26)17-14-16(20(27)28-4-2)23-25(17)15-9-7-6-8-10-15/h6-12,17H,3-5,13-14H2,1-2H3,(H,22,26). The average molecular weight is 383 g/mol. The minimum atomic E-state index is -0.642. The number of carbonyl (C=O) groups excluding carboxylic acids is 2. The summed E-state index contributed by atoms with van der Waals surface area (Å²) in [6, 6.07) is 10.4. The smallest absolute Gasteiger partial charge is 0.354 e. The second-order valence-corrected chi connectivity index (χ2v) is 6.45. The molecule has 148 valence electrons. The molecular formula is C20H25N5O3. The number of rotatable bonds is 8. The van der Waals surface area contributed by atoms with Gasteiger partial charge in [0.1, 0.15) is 17.6 Å². The quantitative estimate of drug-likeness (QED) is 0.708. The van der Waals surface area contributed by atoms with Gasteiger partial charge in [-0.25, -0.2) is 9.48 Å². The molecular weight excluding hydrogens is 358 g/mol. The van der Waals surface area contributed by atoms with Gasteiger partial charge in [0, 0.05) is 19.0 Å². The van der Waals surface area contributed by atoms with Gasteiger partial charge in [-0.05, 0) is 25.5 Å². The molecule has 0 aliphatic carbocycles. The van der Waals surface area contributed by atoms with Crippen LogP contribution in [-0.2, 0) is 20.9 Å². The third-order valence-corrected chi connectivity index (χ3v) is 4.44. The summed E-state index contributed by atoms with van der Waals surface area (Å²) in [4.78, 5) is 25.2. The second kappa shape index (κ2) is 9.16. The predicted octanol–water partition coefficient (Wildman–Crippen LogP) is 2.82. The molecule has 8 nitrogen and oxygen atoms in total. The zero-order valence-electron chi connectivity index (χ0n) is 16.2. The van der Waals surface area contributed by atoms with Gasteiger partial charge in [-0.3, -0.25) is 9.80 Å². The Balaban J connectivity index is 1.80. The first-order valence-corrected chi connectivity index (χ1v) is 9.55. The molecule has 1 amide bonds. The van der Waals surface area contributed by atoms with E-state index >= 15 is 0 Å². The van der Waals surface area contributed by atoms with Gasteiger partial charge in [0.05, 0.1) is 18.5 Å². The van der Waals surface area contributed by atoms with Gasteiger partial charge in [-0.15, -0.1) is 0 Å². The van der Waals surface area contributed by atoms with Crippen molar-refractivity contribution < 1.29 is 14.3 Å². The number of amides is 1. The van der Waals surface area contributed by atoms with E-state index in [1.807, 2.05) is 30.3 Å². The predicted molar refractivity (Wildman–Crippen MR) is 107 cm³/mol.